The molecular weight excluding hydrogens is 392 g/mol. The van der Waals surface area contributed by atoms with E-state index in [1.54, 1.807) is 0 Å². The third-order valence-corrected chi connectivity index (χ3v) is 8.10. The van der Waals surface area contributed by atoms with Gasteiger partial charge in [0.2, 0.25) is 0 Å². The highest BCUT2D eigenvalue weighted by Gasteiger charge is 2.40. The zero-order valence-electron chi connectivity index (χ0n) is 18.6. The second-order valence-corrected chi connectivity index (χ2v) is 10.1. The van der Waals surface area contributed by atoms with Gasteiger partial charge in [-0.3, -0.25) is 0 Å². The van der Waals surface area contributed by atoms with Gasteiger partial charge in [0.1, 0.15) is 5.75 Å². The van der Waals surface area contributed by atoms with Gasteiger partial charge >= 0.3 is 0 Å². The fraction of sp³-hybridized carbons (Fsp3) is 0.379. The number of phenols is 1. The normalized spacial score (nSPS) is 24.1. The summed E-state index contributed by atoms with van der Waals surface area (Å²) < 4.78 is 0. The highest BCUT2D eigenvalue weighted by molar-refractivity contribution is 5.53. The van der Waals surface area contributed by atoms with Gasteiger partial charge < -0.3 is 15.3 Å². The van der Waals surface area contributed by atoms with Crippen LogP contribution in [0.15, 0.2) is 72.8 Å². The highest BCUT2D eigenvalue weighted by Crippen LogP contribution is 2.47. The van der Waals surface area contributed by atoms with E-state index in [-0.39, 0.29) is 0 Å². The molecule has 164 valence electrons. The quantitative estimate of drug-likeness (QED) is 0.587. The average Bonchev–Trinajstić information content (AvgIpc) is 2.83. The smallest absolute Gasteiger partial charge is 0.115 e. The summed E-state index contributed by atoms with van der Waals surface area (Å²) in [7, 11) is 0. The molecule has 2 heterocycles. The molecule has 2 fully saturated rings. The Hall–Kier alpha value is -2.78. The van der Waals surface area contributed by atoms with Gasteiger partial charge in [0, 0.05) is 43.2 Å². The van der Waals surface area contributed by atoms with Crippen LogP contribution in [-0.2, 0) is 6.42 Å². The zero-order valence-corrected chi connectivity index (χ0v) is 18.6. The van der Waals surface area contributed by atoms with Crippen LogP contribution in [0.25, 0.3) is 0 Å². The van der Waals surface area contributed by atoms with Crippen LogP contribution in [0.2, 0.25) is 0 Å². The number of aryl methyl sites for hydroxylation is 1. The van der Waals surface area contributed by atoms with Gasteiger partial charge in [-0.15, -0.1) is 0 Å². The summed E-state index contributed by atoms with van der Waals surface area (Å²) in [5.74, 6) is 1.15. The lowest BCUT2D eigenvalue weighted by Crippen LogP contribution is -2.61. The molecule has 3 aromatic carbocycles. The number of nitrogens with one attached hydrogen (secondary N) is 1. The first-order valence-electron chi connectivity index (χ1n) is 12.1. The predicted molar refractivity (Wildman–Crippen MR) is 131 cm³/mol. The van der Waals surface area contributed by atoms with E-state index in [0.717, 1.165) is 12.8 Å². The van der Waals surface area contributed by atoms with Crippen molar-refractivity contribution in [3.63, 3.8) is 0 Å². The Kier molecular flexibility index (Phi) is 4.95. The topological polar surface area (TPSA) is 35.5 Å². The molecular formula is C29H32N2O. The molecule has 2 N–H and O–H groups in total. The molecule has 0 saturated carbocycles. The third-order valence-electron chi connectivity index (χ3n) is 8.10. The number of anilines is 1. The van der Waals surface area contributed by atoms with Crippen LogP contribution in [0.4, 0.5) is 5.69 Å². The predicted octanol–water partition coefficient (Wildman–Crippen LogP) is 5.44. The third kappa shape index (κ3) is 3.49. The minimum Gasteiger partial charge on any atom is -0.508 e. The molecule has 0 bridgehead atoms. The summed E-state index contributed by atoms with van der Waals surface area (Å²) in [6.45, 7) is 4.69. The largest absolute Gasteiger partial charge is 0.508 e. The van der Waals surface area contributed by atoms with E-state index in [1.807, 2.05) is 12.1 Å². The molecule has 3 nitrogen and oxygen atoms in total. The SMILES string of the molecule is Oc1ccc2c(c1)CC[C@H](c1ccccc1)[C@@H]2c1ccc(N2CCCC3(CNC3)C2)cc1. The summed E-state index contributed by atoms with van der Waals surface area (Å²) in [6.07, 6.45) is 4.77. The molecule has 6 rings (SSSR count). The van der Waals surface area contributed by atoms with E-state index in [4.69, 9.17) is 0 Å². The summed E-state index contributed by atoms with van der Waals surface area (Å²) in [4.78, 5) is 2.59. The monoisotopic (exact) mass is 424 g/mol. The highest BCUT2D eigenvalue weighted by atomic mass is 16.3. The number of nitrogens with zero attached hydrogens (tertiary/aromatic N) is 1. The van der Waals surface area contributed by atoms with Crippen LogP contribution in [-0.4, -0.2) is 31.3 Å². The van der Waals surface area contributed by atoms with Crippen LogP contribution in [0.3, 0.4) is 0 Å². The van der Waals surface area contributed by atoms with E-state index < -0.39 is 0 Å². The lowest BCUT2D eigenvalue weighted by molar-refractivity contribution is 0.138. The zero-order chi connectivity index (χ0) is 21.5. The average molecular weight is 425 g/mol. The molecule has 3 aliphatic rings. The molecule has 2 saturated heterocycles. The second-order valence-electron chi connectivity index (χ2n) is 10.1. The second kappa shape index (κ2) is 7.97. The van der Waals surface area contributed by atoms with Crippen molar-refractivity contribution in [1.29, 1.82) is 0 Å². The molecule has 0 radical (unpaired) electrons. The van der Waals surface area contributed by atoms with Crippen LogP contribution < -0.4 is 10.2 Å². The van der Waals surface area contributed by atoms with Crippen molar-refractivity contribution < 1.29 is 5.11 Å². The molecule has 0 amide bonds. The molecule has 2 atom stereocenters. The standard InChI is InChI=1S/C29H32N2O/c32-25-12-14-27-23(17-25)9-13-26(21-5-2-1-3-6-21)28(27)22-7-10-24(11-8-22)31-16-4-15-29(20-31)18-30-19-29/h1-3,5-8,10-12,14,17,26,28,30,32H,4,9,13,15-16,18-20H2/t26-,28+/m1/s1. The van der Waals surface area contributed by atoms with E-state index >= 15 is 0 Å². The Balaban J connectivity index is 1.34. The summed E-state index contributed by atoms with van der Waals surface area (Å²) >= 11 is 0. The van der Waals surface area contributed by atoms with Gasteiger partial charge in [-0.05, 0) is 78.1 Å². The lowest BCUT2D eigenvalue weighted by atomic mass is 9.69. The number of phenolic OH excluding ortho intramolecular Hbond substituents is 1. The first-order chi connectivity index (χ1) is 15.7. The van der Waals surface area contributed by atoms with Gasteiger partial charge in [0.25, 0.3) is 0 Å². The Morgan fingerprint density at radius 3 is 2.47 bits per heavy atom. The maximum atomic E-state index is 10.1. The van der Waals surface area contributed by atoms with Crippen molar-refractivity contribution in [3.05, 3.63) is 95.1 Å². The molecule has 3 aromatic rings. The summed E-state index contributed by atoms with van der Waals surface area (Å²) in [5, 5.41) is 13.6. The van der Waals surface area contributed by atoms with Crippen molar-refractivity contribution in [1.82, 2.24) is 5.32 Å². The number of hydrogen-bond acceptors (Lipinski definition) is 3. The Labute approximate surface area is 191 Å². The van der Waals surface area contributed by atoms with Crippen molar-refractivity contribution in [3.8, 4) is 5.75 Å². The van der Waals surface area contributed by atoms with E-state index in [2.05, 4.69) is 70.9 Å². The van der Waals surface area contributed by atoms with Gasteiger partial charge in [0.15, 0.2) is 0 Å². The molecule has 3 heteroatoms. The van der Waals surface area contributed by atoms with Crippen LogP contribution in [0.1, 0.15) is 53.4 Å². The number of aromatic hydroxyl groups is 1. The van der Waals surface area contributed by atoms with Crippen molar-refractivity contribution in [2.75, 3.05) is 31.1 Å². The van der Waals surface area contributed by atoms with Crippen LogP contribution in [0, 0.1) is 5.41 Å². The van der Waals surface area contributed by atoms with Crippen molar-refractivity contribution >= 4 is 5.69 Å². The number of piperidine rings is 1. The molecule has 0 aromatic heterocycles. The molecule has 32 heavy (non-hydrogen) atoms. The van der Waals surface area contributed by atoms with E-state index in [9.17, 15) is 5.11 Å². The molecule has 0 unspecified atom stereocenters. The number of benzene rings is 3. The van der Waals surface area contributed by atoms with E-state index in [1.165, 1.54) is 67.0 Å². The lowest BCUT2D eigenvalue weighted by Gasteiger charge is -2.50. The minimum absolute atomic E-state index is 0.319. The van der Waals surface area contributed by atoms with Crippen molar-refractivity contribution in [2.24, 2.45) is 5.41 Å². The van der Waals surface area contributed by atoms with Crippen LogP contribution in [0.5, 0.6) is 5.75 Å². The Morgan fingerprint density at radius 2 is 1.72 bits per heavy atom. The molecule has 1 spiro atoms. The maximum absolute atomic E-state index is 10.1. The summed E-state index contributed by atoms with van der Waals surface area (Å²) in [6, 6.07) is 26.3. The Morgan fingerprint density at radius 1 is 0.906 bits per heavy atom. The summed E-state index contributed by atoms with van der Waals surface area (Å²) in [5.41, 5.74) is 7.31. The first kappa shape index (κ1) is 19.9. The first-order valence-corrected chi connectivity index (χ1v) is 12.1. The maximum Gasteiger partial charge on any atom is 0.115 e. The van der Waals surface area contributed by atoms with Gasteiger partial charge in [-0.1, -0.05) is 48.5 Å². The van der Waals surface area contributed by atoms with Crippen molar-refractivity contribution in [2.45, 2.75) is 37.5 Å². The van der Waals surface area contributed by atoms with Gasteiger partial charge in [-0.2, -0.15) is 0 Å². The Bertz CT molecular complexity index is 1090. The van der Waals surface area contributed by atoms with Crippen LogP contribution >= 0.6 is 0 Å². The number of hydrogen-bond donors (Lipinski definition) is 2. The fourth-order valence-corrected chi connectivity index (χ4v) is 6.37. The minimum atomic E-state index is 0.319. The van der Waals surface area contributed by atoms with E-state index in [0.29, 0.717) is 23.0 Å². The number of rotatable bonds is 3. The van der Waals surface area contributed by atoms with Gasteiger partial charge in [-0.25, -0.2) is 0 Å². The molecule has 1 aliphatic carbocycles. The fourth-order valence-electron chi connectivity index (χ4n) is 6.37. The number of fused-ring (bicyclic) bond motifs is 1. The van der Waals surface area contributed by atoms with Gasteiger partial charge in [0.05, 0.1) is 0 Å². The molecule has 2 aliphatic heterocycles.